The second kappa shape index (κ2) is 7.90. The maximum atomic E-state index is 12.3. The van der Waals surface area contributed by atoms with Crippen molar-refractivity contribution in [2.24, 2.45) is 0 Å². The molecule has 0 bridgehead atoms. The maximum Gasteiger partial charge on any atom is 0.234 e. The summed E-state index contributed by atoms with van der Waals surface area (Å²) in [6.07, 6.45) is 2.58. The quantitative estimate of drug-likeness (QED) is 0.649. The number of hydrogen-bond donors (Lipinski definition) is 2. The zero-order valence-corrected chi connectivity index (χ0v) is 16.3. The van der Waals surface area contributed by atoms with Crippen molar-refractivity contribution in [3.63, 3.8) is 0 Å². The first kappa shape index (κ1) is 18.3. The Morgan fingerprint density at radius 3 is 2.82 bits per heavy atom. The largest absolute Gasteiger partial charge is 0.333 e. The van der Waals surface area contributed by atoms with Crippen molar-refractivity contribution in [1.29, 1.82) is 0 Å². The summed E-state index contributed by atoms with van der Waals surface area (Å²) in [5, 5.41) is 3.63. The number of amides is 2. The Morgan fingerprint density at radius 2 is 2.04 bits per heavy atom. The van der Waals surface area contributed by atoms with E-state index in [9.17, 15) is 9.59 Å². The molecule has 1 aliphatic heterocycles. The average Bonchev–Trinajstić information content (AvgIpc) is 3.34. The number of aromatic amines is 1. The zero-order chi connectivity index (χ0) is 19.5. The summed E-state index contributed by atoms with van der Waals surface area (Å²) in [5.74, 6) is 0.211. The first-order valence-electron chi connectivity index (χ1n) is 9.04. The van der Waals surface area contributed by atoms with Crippen molar-refractivity contribution in [2.45, 2.75) is 18.5 Å². The van der Waals surface area contributed by atoms with E-state index in [0.717, 1.165) is 34.6 Å². The van der Waals surface area contributed by atoms with Crippen molar-refractivity contribution < 1.29 is 9.59 Å². The molecule has 0 aliphatic carbocycles. The summed E-state index contributed by atoms with van der Waals surface area (Å²) in [6, 6.07) is 15.6. The number of imidazole rings is 1. The van der Waals surface area contributed by atoms with Crippen LogP contribution in [0.15, 0.2) is 59.9 Å². The normalized spacial score (nSPS) is 12.7. The highest BCUT2D eigenvalue weighted by Gasteiger charge is 2.22. The number of aromatic nitrogens is 2. The topological polar surface area (TPSA) is 78.1 Å². The van der Waals surface area contributed by atoms with Gasteiger partial charge >= 0.3 is 0 Å². The molecule has 4 rings (SSSR count). The third-order valence-electron chi connectivity index (χ3n) is 4.62. The Bertz CT molecular complexity index is 1020. The standard InChI is InChI=1S/C21H20N4O2S/c1-14(26)25-10-9-16-11-17(7-8-19(16)25)23-20(27)13-28-21-22-12-18(24-21)15-5-3-2-4-6-15/h2-8,11-12H,9-10,13H2,1H3,(H,22,24)(H,23,27). The molecule has 0 fully saturated rings. The van der Waals surface area contributed by atoms with Crippen LogP contribution in [-0.2, 0) is 16.0 Å². The van der Waals surface area contributed by atoms with Crippen LogP contribution in [0.1, 0.15) is 12.5 Å². The fourth-order valence-electron chi connectivity index (χ4n) is 3.28. The van der Waals surface area contributed by atoms with Crippen LogP contribution in [-0.4, -0.2) is 34.1 Å². The van der Waals surface area contributed by atoms with Crippen molar-refractivity contribution in [3.05, 3.63) is 60.3 Å². The van der Waals surface area contributed by atoms with Crippen LogP contribution in [0, 0.1) is 0 Å². The minimum Gasteiger partial charge on any atom is -0.333 e. The number of nitrogens with zero attached hydrogens (tertiary/aromatic N) is 2. The van der Waals surface area contributed by atoms with Crippen molar-refractivity contribution in [1.82, 2.24) is 9.97 Å². The SMILES string of the molecule is CC(=O)N1CCc2cc(NC(=O)CSc3ncc(-c4ccccc4)[nH]3)ccc21. The number of thioether (sulfide) groups is 1. The molecular weight excluding hydrogens is 372 g/mol. The molecular formula is C21H20N4O2S. The minimum atomic E-state index is -0.0935. The number of benzene rings is 2. The Balaban J connectivity index is 1.34. The van der Waals surface area contributed by atoms with Gasteiger partial charge in [0, 0.05) is 24.8 Å². The number of anilines is 2. The molecule has 0 saturated carbocycles. The Kier molecular flexibility index (Phi) is 5.16. The first-order valence-corrected chi connectivity index (χ1v) is 10.0. The molecule has 0 saturated heterocycles. The van der Waals surface area contributed by atoms with E-state index in [1.165, 1.54) is 11.8 Å². The summed E-state index contributed by atoms with van der Waals surface area (Å²) >= 11 is 1.36. The zero-order valence-electron chi connectivity index (χ0n) is 15.4. The number of carbonyl (C=O) groups is 2. The van der Waals surface area contributed by atoms with E-state index < -0.39 is 0 Å². The van der Waals surface area contributed by atoms with E-state index >= 15 is 0 Å². The molecule has 2 N–H and O–H groups in total. The monoisotopic (exact) mass is 392 g/mol. The van der Waals surface area contributed by atoms with Gasteiger partial charge in [0.05, 0.1) is 17.6 Å². The fourth-order valence-corrected chi connectivity index (χ4v) is 3.93. The van der Waals surface area contributed by atoms with Gasteiger partial charge in [-0.15, -0.1) is 0 Å². The lowest BCUT2D eigenvalue weighted by Crippen LogP contribution is -2.25. The molecule has 2 amide bonds. The summed E-state index contributed by atoms with van der Waals surface area (Å²) in [4.78, 5) is 33.3. The second-order valence-corrected chi connectivity index (χ2v) is 7.53. The molecule has 0 unspecified atom stereocenters. The molecule has 7 heteroatoms. The highest BCUT2D eigenvalue weighted by Crippen LogP contribution is 2.30. The smallest absolute Gasteiger partial charge is 0.234 e. The molecule has 2 aromatic carbocycles. The predicted molar refractivity (Wildman–Crippen MR) is 112 cm³/mol. The molecule has 0 radical (unpaired) electrons. The van der Waals surface area contributed by atoms with Gasteiger partial charge in [-0.05, 0) is 35.7 Å². The number of fused-ring (bicyclic) bond motifs is 1. The van der Waals surface area contributed by atoms with Gasteiger partial charge < -0.3 is 15.2 Å². The van der Waals surface area contributed by atoms with E-state index in [0.29, 0.717) is 11.7 Å². The second-order valence-electron chi connectivity index (χ2n) is 6.57. The number of hydrogen-bond acceptors (Lipinski definition) is 4. The van der Waals surface area contributed by atoms with Gasteiger partial charge in [-0.1, -0.05) is 42.1 Å². The highest BCUT2D eigenvalue weighted by atomic mass is 32.2. The van der Waals surface area contributed by atoms with Gasteiger partial charge in [0.2, 0.25) is 11.8 Å². The third kappa shape index (κ3) is 3.94. The Hall–Kier alpha value is -3.06. The van der Waals surface area contributed by atoms with Crippen LogP contribution in [0.4, 0.5) is 11.4 Å². The van der Waals surface area contributed by atoms with Gasteiger partial charge in [0.15, 0.2) is 5.16 Å². The number of nitrogens with one attached hydrogen (secondary N) is 2. The average molecular weight is 392 g/mol. The van der Waals surface area contributed by atoms with Crippen molar-refractivity contribution in [3.8, 4) is 11.3 Å². The summed E-state index contributed by atoms with van der Waals surface area (Å²) in [7, 11) is 0. The van der Waals surface area contributed by atoms with Crippen LogP contribution in [0.25, 0.3) is 11.3 Å². The molecule has 2 heterocycles. The van der Waals surface area contributed by atoms with Crippen LogP contribution in [0.3, 0.4) is 0 Å². The highest BCUT2D eigenvalue weighted by molar-refractivity contribution is 7.99. The van der Waals surface area contributed by atoms with E-state index in [2.05, 4.69) is 15.3 Å². The predicted octanol–water partition coefficient (Wildman–Crippen LogP) is 3.72. The van der Waals surface area contributed by atoms with Crippen LogP contribution in [0.2, 0.25) is 0 Å². The molecule has 1 aromatic heterocycles. The molecule has 142 valence electrons. The lowest BCUT2D eigenvalue weighted by molar-refractivity contribution is -0.116. The Labute approximate surface area is 167 Å². The van der Waals surface area contributed by atoms with E-state index in [4.69, 9.17) is 0 Å². The maximum absolute atomic E-state index is 12.3. The molecule has 0 atom stereocenters. The Morgan fingerprint density at radius 1 is 1.21 bits per heavy atom. The van der Waals surface area contributed by atoms with Crippen molar-refractivity contribution in [2.75, 3.05) is 22.5 Å². The van der Waals surface area contributed by atoms with E-state index in [-0.39, 0.29) is 17.6 Å². The number of rotatable bonds is 5. The van der Waals surface area contributed by atoms with E-state index in [1.54, 1.807) is 18.0 Å². The molecule has 28 heavy (non-hydrogen) atoms. The minimum absolute atomic E-state index is 0.0419. The molecule has 1 aliphatic rings. The lowest BCUT2D eigenvalue weighted by atomic mass is 10.1. The van der Waals surface area contributed by atoms with Crippen molar-refractivity contribution >= 4 is 35.0 Å². The summed E-state index contributed by atoms with van der Waals surface area (Å²) in [5.41, 5.74) is 4.75. The fraction of sp³-hybridized carbons (Fsp3) is 0.190. The molecule has 0 spiro atoms. The lowest BCUT2D eigenvalue weighted by Gasteiger charge is -2.15. The number of H-pyrrole nitrogens is 1. The van der Waals surface area contributed by atoms with Crippen LogP contribution in [0.5, 0.6) is 0 Å². The van der Waals surface area contributed by atoms with E-state index in [1.807, 2.05) is 48.5 Å². The van der Waals surface area contributed by atoms with Gasteiger partial charge in [0.25, 0.3) is 0 Å². The van der Waals surface area contributed by atoms with Crippen LogP contribution < -0.4 is 10.2 Å². The molecule has 6 nitrogen and oxygen atoms in total. The summed E-state index contributed by atoms with van der Waals surface area (Å²) < 4.78 is 0. The molecule has 3 aromatic rings. The van der Waals surface area contributed by atoms with Gasteiger partial charge in [-0.25, -0.2) is 4.98 Å². The summed E-state index contributed by atoms with van der Waals surface area (Å²) in [6.45, 7) is 2.26. The van der Waals surface area contributed by atoms with Gasteiger partial charge in [0.1, 0.15) is 0 Å². The first-order chi connectivity index (χ1) is 13.6. The van der Waals surface area contributed by atoms with Crippen LogP contribution >= 0.6 is 11.8 Å². The van der Waals surface area contributed by atoms with Gasteiger partial charge in [-0.2, -0.15) is 0 Å². The number of carbonyl (C=O) groups excluding carboxylic acids is 2. The van der Waals surface area contributed by atoms with Gasteiger partial charge in [-0.3, -0.25) is 9.59 Å². The third-order valence-corrected chi connectivity index (χ3v) is 5.50.